The number of rotatable bonds is 4. The third kappa shape index (κ3) is 4.15. The predicted octanol–water partition coefficient (Wildman–Crippen LogP) is 3.78. The summed E-state index contributed by atoms with van der Waals surface area (Å²) in [5, 5.41) is 6.22. The number of carbonyl (C=O) groups excluding carboxylic acids is 1. The zero-order valence-electron chi connectivity index (χ0n) is 13.4. The second-order valence-electron chi connectivity index (χ2n) is 5.68. The monoisotopic (exact) mass is 361 g/mol. The summed E-state index contributed by atoms with van der Waals surface area (Å²) in [6, 6.07) is 11.4. The Morgan fingerprint density at radius 2 is 2.04 bits per heavy atom. The van der Waals surface area contributed by atoms with Crippen LogP contribution in [0.3, 0.4) is 0 Å². The Kier molecular flexibility index (Phi) is 5.52. The smallest absolute Gasteiger partial charge is 0.243 e. The van der Waals surface area contributed by atoms with Gasteiger partial charge in [-0.2, -0.15) is 0 Å². The van der Waals surface area contributed by atoms with Gasteiger partial charge in [-0.3, -0.25) is 4.79 Å². The molecule has 1 unspecified atom stereocenters. The number of benzene rings is 1. The van der Waals surface area contributed by atoms with Gasteiger partial charge in [-0.1, -0.05) is 59.5 Å². The Balaban J connectivity index is 1.76. The van der Waals surface area contributed by atoms with Gasteiger partial charge in [-0.15, -0.1) is 0 Å². The molecule has 1 aliphatic heterocycles. The molecule has 3 rings (SSSR count). The first kappa shape index (κ1) is 17.0. The van der Waals surface area contributed by atoms with E-state index in [2.05, 4.69) is 15.4 Å². The molecule has 1 aliphatic rings. The number of thioether (sulfide) groups is 1. The molecule has 0 saturated carbocycles. The molecule has 1 fully saturated rings. The summed E-state index contributed by atoms with van der Waals surface area (Å²) in [6.45, 7) is 3.73. The number of aryl methyl sites for hydroxylation is 1. The maximum absolute atomic E-state index is 12.8. The molecule has 7 heteroatoms. The molecule has 0 spiro atoms. The van der Waals surface area contributed by atoms with Gasteiger partial charge in [0.1, 0.15) is 15.3 Å². The van der Waals surface area contributed by atoms with Gasteiger partial charge < -0.3 is 14.7 Å². The first-order valence-electron chi connectivity index (χ1n) is 7.88. The molecule has 1 saturated heterocycles. The van der Waals surface area contributed by atoms with Crippen LogP contribution in [0.5, 0.6) is 0 Å². The number of carbonyl (C=O) groups is 1. The third-order valence-electron chi connectivity index (χ3n) is 3.80. The van der Waals surface area contributed by atoms with Gasteiger partial charge in [0, 0.05) is 19.2 Å². The SMILES string of the molecule is Cc1cc(NC(=O)C(SC(=S)N2CCCC2)c2ccccc2)no1. The number of hydrogen-bond acceptors (Lipinski definition) is 5. The van der Waals surface area contributed by atoms with E-state index in [0.717, 1.165) is 35.8 Å². The Morgan fingerprint density at radius 3 is 2.67 bits per heavy atom. The topological polar surface area (TPSA) is 58.4 Å². The maximum atomic E-state index is 12.8. The number of likely N-dealkylation sites (tertiary alicyclic amines) is 1. The zero-order valence-corrected chi connectivity index (χ0v) is 15.0. The second-order valence-corrected chi connectivity index (χ2v) is 7.42. The van der Waals surface area contributed by atoms with Crippen LogP contribution in [0, 0.1) is 6.92 Å². The number of nitrogens with zero attached hydrogens (tertiary/aromatic N) is 2. The number of amides is 1. The van der Waals surface area contributed by atoms with Crippen molar-refractivity contribution in [1.82, 2.24) is 10.1 Å². The third-order valence-corrected chi connectivity index (χ3v) is 5.53. The van der Waals surface area contributed by atoms with Crippen LogP contribution in [0.15, 0.2) is 40.9 Å². The maximum Gasteiger partial charge on any atom is 0.243 e. The van der Waals surface area contributed by atoms with E-state index in [-0.39, 0.29) is 5.91 Å². The highest BCUT2D eigenvalue weighted by Crippen LogP contribution is 2.33. The molecule has 5 nitrogen and oxygen atoms in total. The number of nitrogens with one attached hydrogen (secondary N) is 1. The van der Waals surface area contributed by atoms with Gasteiger partial charge >= 0.3 is 0 Å². The first-order valence-corrected chi connectivity index (χ1v) is 9.17. The lowest BCUT2D eigenvalue weighted by molar-refractivity contribution is -0.115. The zero-order chi connectivity index (χ0) is 16.9. The molecular formula is C17H19N3O2S2. The van der Waals surface area contributed by atoms with E-state index in [1.165, 1.54) is 11.8 Å². The highest BCUT2D eigenvalue weighted by Gasteiger charge is 2.26. The molecule has 24 heavy (non-hydrogen) atoms. The first-order chi connectivity index (χ1) is 11.6. The lowest BCUT2D eigenvalue weighted by atomic mass is 10.1. The number of aromatic nitrogens is 1. The minimum atomic E-state index is -0.420. The standard InChI is InChI=1S/C17H19N3O2S2/c1-12-11-14(19-22-12)18-16(21)15(13-7-3-2-4-8-13)24-17(23)20-9-5-6-10-20/h2-4,7-8,11,15H,5-6,9-10H2,1H3,(H,18,19,21). The number of thiocarbonyl (C=S) groups is 1. The van der Waals surface area contributed by atoms with E-state index in [4.69, 9.17) is 16.7 Å². The van der Waals surface area contributed by atoms with Gasteiger partial charge in [-0.25, -0.2) is 0 Å². The quantitative estimate of drug-likeness (QED) is 0.837. The van der Waals surface area contributed by atoms with Crippen LogP contribution in [-0.2, 0) is 4.79 Å². The van der Waals surface area contributed by atoms with Crippen LogP contribution in [-0.4, -0.2) is 33.4 Å². The van der Waals surface area contributed by atoms with E-state index in [1.807, 2.05) is 30.3 Å². The molecule has 126 valence electrons. The van der Waals surface area contributed by atoms with Crippen molar-refractivity contribution in [3.05, 3.63) is 47.7 Å². The summed E-state index contributed by atoms with van der Waals surface area (Å²) in [5.74, 6) is 0.925. The van der Waals surface area contributed by atoms with Crippen molar-refractivity contribution in [1.29, 1.82) is 0 Å². The highest BCUT2D eigenvalue weighted by atomic mass is 32.2. The van der Waals surface area contributed by atoms with E-state index in [1.54, 1.807) is 13.0 Å². The summed E-state index contributed by atoms with van der Waals surface area (Å²) in [5.41, 5.74) is 0.918. The molecule has 2 heterocycles. The van der Waals surface area contributed by atoms with Crippen LogP contribution in [0.2, 0.25) is 0 Å². The van der Waals surface area contributed by atoms with Crippen molar-refractivity contribution in [2.75, 3.05) is 18.4 Å². The fourth-order valence-electron chi connectivity index (χ4n) is 2.59. The summed E-state index contributed by atoms with van der Waals surface area (Å²) >= 11 is 6.97. The Labute approximate surface area is 150 Å². The van der Waals surface area contributed by atoms with Crippen LogP contribution in [0.1, 0.15) is 29.4 Å². The fourth-order valence-corrected chi connectivity index (χ4v) is 4.06. The second kappa shape index (κ2) is 7.81. The normalized spacial score (nSPS) is 15.3. The van der Waals surface area contributed by atoms with Crippen LogP contribution in [0.4, 0.5) is 5.82 Å². The molecule has 1 aromatic carbocycles. The molecule has 0 aliphatic carbocycles. The summed E-state index contributed by atoms with van der Waals surface area (Å²) in [4.78, 5) is 15.0. The molecule has 0 bridgehead atoms. The van der Waals surface area contributed by atoms with Gasteiger partial charge in [0.15, 0.2) is 5.82 Å². The Bertz CT molecular complexity index is 712. The summed E-state index contributed by atoms with van der Waals surface area (Å²) < 4.78 is 5.78. The van der Waals surface area contributed by atoms with Gasteiger partial charge in [-0.05, 0) is 25.3 Å². The molecule has 0 radical (unpaired) electrons. The molecule has 1 atom stereocenters. The average Bonchev–Trinajstić information content (AvgIpc) is 3.25. The van der Waals surface area contributed by atoms with Crippen molar-refractivity contribution in [3.8, 4) is 0 Å². The van der Waals surface area contributed by atoms with E-state index < -0.39 is 5.25 Å². The van der Waals surface area contributed by atoms with Crippen molar-refractivity contribution in [2.45, 2.75) is 25.0 Å². The average molecular weight is 361 g/mol. The fraction of sp³-hybridized carbons (Fsp3) is 0.353. The van der Waals surface area contributed by atoms with Crippen molar-refractivity contribution >= 4 is 40.0 Å². The minimum Gasteiger partial charge on any atom is -0.360 e. The van der Waals surface area contributed by atoms with Crippen LogP contribution >= 0.6 is 24.0 Å². The molecule has 1 amide bonds. The van der Waals surface area contributed by atoms with Crippen molar-refractivity contribution in [3.63, 3.8) is 0 Å². The van der Waals surface area contributed by atoms with E-state index >= 15 is 0 Å². The van der Waals surface area contributed by atoms with Crippen LogP contribution in [0.25, 0.3) is 0 Å². The predicted molar refractivity (Wildman–Crippen MR) is 100 cm³/mol. The lowest BCUT2D eigenvalue weighted by Crippen LogP contribution is -2.27. The molecule has 2 aromatic rings. The highest BCUT2D eigenvalue weighted by molar-refractivity contribution is 8.23. The largest absolute Gasteiger partial charge is 0.360 e. The van der Waals surface area contributed by atoms with E-state index in [0.29, 0.717) is 11.6 Å². The molecule has 1 N–H and O–H groups in total. The number of anilines is 1. The molecular weight excluding hydrogens is 342 g/mol. The number of hydrogen-bond donors (Lipinski definition) is 1. The summed E-state index contributed by atoms with van der Waals surface area (Å²) in [6.07, 6.45) is 2.31. The van der Waals surface area contributed by atoms with Crippen molar-refractivity contribution in [2.24, 2.45) is 0 Å². The Morgan fingerprint density at radius 1 is 1.33 bits per heavy atom. The summed E-state index contributed by atoms with van der Waals surface area (Å²) in [7, 11) is 0. The lowest BCUT2D eigenvalue weighted by Gasteiger charge is -2.22. The van der Waals surface area contributed by atoms with Gasteiger partial charge in [0.05, 0.1) is 0 Å². The van der Waals surface area contributed by atoms with Gasteiger partial charge in [0.2, 0.25) is 5.91 Å². The van der Waals surface area contributed by atoms with Crippen molar-refractivity contribution < 1.29 is 9.32 Å². The van der Waals surface area contributed by atoms with Gasteiger partial charge in [0.25, 0.3) is 0 Å². The molecule has 1 aromatic heterocycles. The van der Waals surface area contributed by atoms with Crippen LogP contribution < -0.4 is 5.32 Å². The Hall–Kier alpha value is -1.86. The van der Waals surface area contributed by atoms with E-state index in [9.17, 15) is 4.79 Å². The minimum absolute atomic E-state index is 0.152.